The van der Waals surface area contributed by atoms with Crippen molar-refractivity contribution in [3.05, 3.63) is 87.0 Å². The van der Waals surface area contributed by atoms with Crippen LogP contribution in [0.15, 0.2) is 70.0 Å². The number of nitrogens with one attached hydrogen (secondary N) is 2. The molecule has 0 saturated carbocycles. The SMILES string of the molecule is COc1cc(/C=C2/SC(=O)N(CC(=O)Nc3cccc(F)c3)C2=O)cc(Br)c1OCC(=O)Nc1ccc(C)cc1. The van der Waals surface area contributed by atoms with Gasteiger partial charge in [-0.2, -0.15) is 0 Å². The predicted molar refractivity (Wildman–Crippen MR) is 154 cm³/mol. The van der Waals surface area contributed by atoms with Crippen molar-refractivity contribution < 1.29 is 33.0 Å². The van der Waals surface area contributed by atoms with Crippen LogP contribution >= 0.6 is 27.7 Å². The van der Waals surface area contributed by atoms with Gasteiger partial charge in [-0.1, -0.05) is 23.8 Å². The van der Waals surface area contributed by atoms with E-state index in [1.165, 1.54) is 31.4 Å². The number of halogens is 2. The van der Waals surface area contributed by atoms with E-state index < -0.39 is 29.4 Å². The van der Waals surface area contributed by atoms with Crippen LogP contribution in [0, 0.1) is 12.7 Å². The van der Waals surface area contributed by atoms with Gasteiger partial charge in [-0.3, -0.25) is 24.1 Å². The number of nitrogens with zero attached hydrogens (tertiary/aromatic N) is 1. The molecule has 2 N–H and O–H groups in total. The number of imide groups is 1. The second kappa shape index (κ2) is 12.8. The van der Waals surface area contributed by atoms with Crippen LogP contribution in [0.3, 0.4) is 0 Å². The third-order valence-electron chi connectivity index (χ3n) is 5.52. The Bertz CT molecular complexity index is 1510. The standard InChI is InChI=1S/C28H23BrFN3O6S/c1-16-6-8-19(9-7-16)31-25(35)15-39-26-21(29)10-17(11-22(26)38-2)12-23-27(36)33(28(37)40-23)14-24(34)32-20-5-3-4-18(30)13-20/h3-13H,14-15H2,1-2H3,(H,31,35)(H,32,34)/b23-12+. The quantitative estimate of drug-likeness (QED) is 0.297. The summed E-state index contributed by atoms with van der Waals surface area (Å²) in [5, 5.41) is 4.59. The van der Waals surface area contributed by atoms with E-state index in [0.717, 1.165) is 16.5 Å². The molecule has 4 rings (SSSR count). The van der Waals surface area contributed by atoms with Gasteiger partial charge in [0.15, 0.2) is 18.1 Å². The van der Waals surface area contributed by atoms with Crippen LogP contribution in [0.4, 0.5) is 20.6 Å². The minimum absolute atomic E-state index is 0.101. The highest BCUT2D eigenvalue weighted by Crippen LogP contribution is 2.39. The number of amides is 4. The molecule has 0 bridgehead atoms. The number of ether oxygens (including phenoxy) is 2. The first-order valence-corrected chi connectivity index (χ1v) is 13.4. The number of hydrogen-bond acceptors (Lipinski definition) is 7. The third kappa shape index (κ3) is 7.27. The van der Waals surface area contributed by atoms with E-state index in [1.807, 2.05) is 19.1 Å². The Morgan fingerprint density at radius 2 is 1.75 bits per heavy atom. The van der Waals surface area contributed by atoms with E-state index in [1.54, 1.807) is 24.3 Å². The Kier molecular flexibility index (Phi) is 9.22. The van der Waals surface area contributed by atoms with Crippen molar-refractivity contribution >= 4 is 68.1 Å². The maximum absolute atomic E-state index is 13.4. The van der Waals surface area contributed by atoms with E-state index in [4.69, 9.17) is 9.47 Å². The van der Waals surface area contributed by atoms with Gasteiger partial charge in [0.25, 0.3) is 17.1 Å². The lowest BCUT2D eigenvalue weighted by molar-refractivity contribution is -0.127. The largest absolute Gasteiger partial charge is 0.493 e. The Labute approximate surface area is 241 Å². The average Bonchev–Trinajstić information content (AvgIpc) is 3.16. The molecule has 1 fully saturated rings. The van der Waals surface area contributed by atoms with Crippen LogP contribution in [-0.2, 0) is 14.4 Å². The van der Waals surface area contributed by atoms with Gasteiger partial charge in [0, 0.05) is 11.4 Å². The zero-order chi connectivity index (χ0) is 28.8. The van der Waals surface area contributed by atoms with Gasteiger partial charge >= 0.3 is 0 Å². The molecule has 0 spiro atoms. The highest BCUT2D eigenvalue weighted by atomic mass is 79.9. The predicted octanol–water partition coefficient (Wildman–Crippen LogP) is 5.60. The van der Waals surface area contributed by atoms with Crippen molar-refractivity contribution in [1.82, 2.24) is 4.90 Å². The molecule has 40 heavy (non-hydrogen) atoms. The minimum atomic E-state index is -0.647. The number of methoxy groups -OCH3 is 1. The van der Waals surface area contributed by atoms with E-state index in [2.05, 4.69) is 26.6 Å². The van der Waals surface area contributed by atoms with Crippen LogP contribution in [-0.4, -0.2) is 48.1 Å². The number of carbonyl (C=O) groups is 4. The fraction of sp³-hybridized carbons (Fsp3) is 0.143. The lowest BCUT2D eigenvalue weighted by Crippen LogP contribution is -2.36. The smallest absolute Gasteiger partial charge is 0.294 e. The number of carbonyl (C=O) groups excluding carboxylic acids is 4. The Morgan fingerprint density at radius 1 is 1.02 bits per heavy atom. The zero-order valence-corrected chi connectivity index (χ0v) is 23.7. The number of benzene rings is 3. The fourth-order valence-electron chi connectivity index (χ4n) is 3.63. The van der Waals surface area contributed by atoms with Crippen molar-refractivity contribution in [3.63, 3.8) is 0 Å². The van der Waals surface area contributed by atoms with Crippen LogP contribution < -0.4 is 20.1 Å². The van der Waals surface area contributed by atoms with Crippen molar-refractivity contribution in [2.45, 2.75) is 6.92 Å². The number of rotatable bonds is 9. The van der Waals surface area contributed by atoms with Gasteiger partial charge < -0.3 is 20.1 Å². The highest BCUT2D eigenvalue weighted by Gasteiger charge is 2.36. The van der Waals surface area contributed by atoms with Crippen molar-refractivity contribution in [2.75, 3.05) is 30.9 Å². The molecule has 1 heterocycles. The summed E-state index contributed by atoms with van der Waals surface area (Å²) in [5.74, 6) is -1.62. The first-order chi connectivity index (χ1) is 19.1. The zero-order valence-electron chi connectivity index (χ0n) is 21.3. The number of aryl methyl sites for hydroxylation is 1. The molecule has 0 radical (unpaired) electrons. The molecular formula is C28H23BrFN3O6S. The van der Waals surface area contributed by atoms with Crippen molar-refractivity contribution in [2.24, 2.45) is 0 Å². The first-order valence-electron chi connectivity index (χ1n) is 11.8. The van der Waals surface area contributed by atoms with Gasteiger partial charge in [-0.05, 0) is 88.7 Å². The molecule has 1 aliphatic rings. The Balaban J connectivity index is 1.42. The summed E-state index contributed by atoms with van der Waals surface area (Å²) >= 11 is 4.09. The van der Waals surface area contributed by atoms with Crippen LogP contribution in [0.1, 0.15) is 11.1 Å². The second-order valence-electron chi connectivity index (χ2n) is 8.56. The van der Waals surface area contributed by atoms with Crippen LogP contribution in [0.5, 0.6) is 11.5 Å². The number of hydrogen-bond donors (Lipinski definition) is 2. The summed E-state index contributed by atoms with van der Waals surface area (Å²) in [6.45, 7) is 1.14. The summed E-state index contributed by atoms with van der Waals surface area (Å²) in [6.07, 6.45) is 1.48. The van der Waals surface area contributed by atoms with Crippen LogP contribution in [0.2, 0.25) is 0 Å². The second-order valence-corrected chi connectivity index (χ2v) is 10.4. The molecule has 3 aromatic rings. The minimum Gasteiger partial charge on any atom is -0.493 e. The lowest BCUT2D eigenvalue weighted by atomic mass is 10.2. The van der Waals surface area contributed by atoms with Gasteiger partial charge in [0.2, 0.25) is 5.91 Å². The fourth-order valence-corrected chi connectivity index (χ4v) is 5.05. The maximum Gasteiger partial charge on any atom is 0.294 e. The normalized spacial score (nSPS) is 13.9. The summed E-state index contributed by atoms with van der Waals surface area (Å²) in [6, 6.07) is 15.8. The van der Waals surface area contributed by atoms with Crippen molar-refractivity contribution in [3.8, 4) is 11.5 Å². The average molecular weight is 628 g/mol. The molecule has 0 unspecified atom stereocenters. The van der Waals surface area contributed by atoms with Gasteiger partial charge in [-0.15, -0.1) is 0 Å². The van der Waals surface area contributed by atoms with E-state index >= 15 is 0 Å². The van der Waals surface area contributed by atoms with Crippen LogP contribution in [0.25, 0.3) is 6.08 Å². The first kappa shape index (κ1) is 28.8. The third-order valence-corrected chi connectivity index (χ3v) is 7.01. The van der Waals surface area contributed by atoms with Gasteiger partial charge in [-0.25, -0.2) is 4.39 Å². The molecule has 9 nitrogen and oxygen atoms in total. The van der Waals surface area contributed by atoms with E-state index in [-0.39, 0.29) is 34.6 Å². The summed E-state index contributed by atoms with van der Waals surface area (Å²) in [4.78, 5) is 50.9. The Morgan fingerprint density at radius 3 is 2.45 bits per heavy atom. The molecule has 1 saturated heterocycles. The molecule has 12 heteroatoms. The van der Waals surface area contributed by atoms with E-state index in [9.17, 15) is 23.6 Å². The number of thioether (sulfide) groups is 1. The Hall–Kier alpha value is -4.16. The molecule has 1 aliphatic heterocycles. The topological polar surface area (TPSA) is 114 Å². The maximum atomic E-state index is 13.4. The molecular weight excluding hydrogens is 605 g/mol. The van der Waals surface area contributed by atoms with E-state index in [0.29, 0.717) is 27.5 Å². The number of anilines is 2. The molecule has 4 amide bonds. The summed E-state index contributed by atoms with van der Waals surface area (Å²) in [5.41, 5.74) is 2.43. The molecule has 0 atom stereocenters. The molecule has 0 aliphatic carbocycles. The summed E-state index contributed by atoms with van der Waals surface area (Å²) < 4.78 is 24.9. The molecule has 206 valence electrons. The van der Waals surface area contributed by atoms with Gasteiger partial charge in [0.1, 0.15) is 12.4 Å². The van der Waals surface area contributed by atoms with Gasteiger partial charge in [0.05, 0.1) is 16.5 Å². The lowest BCUT2D eigenvalue weighted by Gasteiger charge is -2.14. The summed E-state index contributed by atoms with van der Waals surface area (Å²) in [7, 11) is 1.43. The highest BCUT2D eigenvalue weighted by molar-refractivity contribution is 9.10. The van der Waals surface area contributed by atoms with Crippen molar-refractivity contribution in [1.29, 1.82) is 0 Å². The monoisotopic (exact) mass is 627 g/mol. The molecule has 0 aromatic heterocycles. The molecule has 3 aromatic carbocycles.